The van der Waals surface area contributed by atoms with Crippen LogP contribution in [0.2, 0.25) is 0 Å². The van der Waals surface area contributed by atoms with E-state index in [4.69, 9.17) is 25.8 Å². The molecule has 0 saturated heterocycles. The molecule has 0 saturated carbocycles. The molecule has 0 radical (unpaired) electrons. The molecule has 2 unspecified atom stereocenters. The third-order valence-electron chi connectivity index (χ3n) is 3.17. The molecule has 0 aliphatic heterocycles. The third-order valence-corrected chi connectivity index (χ3v) is 3.51. The van der Waals surface area contributed by atoms with Crippen LogP contribution in [0.4, 0.5) is 0 Å². The Morgan fingerprint density at radius 3 is 1.95 bits per heavy atom. The van der Waals surface area contributed by atoms with Gasteiger partial charge in [0.15, 0.2) is 6.29 Å². The van der Waals surface area contributed by atoms with Crippen LogP contribution in [0.25, 0.3) is 0 Å². The Labute approximate surface area is 136 Å². The number of ether oxygens (including phenoxy) is 3. The lowest BCUT2D eigenvalue weighted by Gasteiger charge is -2.21. The lowest BCUT2D eigenvalue weighted by Crippen LogP contribution is -2.30. The molecule has 3 nitrogen and oxygen atoms in total. The van der Waals surface area contributed by atoms with Crippen LogP contribution < -0.4 is 0 Å². The molecule has 0 aromatic heterocycles. The molecule has 118 valence electrons. The van der Waals surface area contributed by atoms with Crippen LogP contribution in [0, 0.1) is 0 Å². The van der Waals surface area contributed by atoms with E-state index in [9.17, 15) is 0 Å². The van der Waals surface area contributed by atoms with E-state index in [1.165, 1.54) is 0 Å². The molecule has 2 aromatic rings. The largest absolute Gasteiger partial charge is 0.375 e. The van der Waals surface area contributed by atoms with E-state index >= 15 is 0 Å². The first-order valence-electron chi connectivity index (χ1n) is 7.23. The predicted molar refractivity (Wildman–Crippen MR) is 87.8 cm³/mol. The fraction of sp³-hybridized carbons (Fsp3) is 0.333. The topological polar surface area (TPSA) is 27.7 Å². The maximum Gasteiger partial charge on any atom is 0.176 e. The minimum atomic E-state index is -0.502. The van der Waals surface area contributed by atoms with Crippen molar-refractivity contribution in [3.05, 3.63) is 71.8 Å². The zero-order valence-electron chi connectivity index (χ0n) is 12.7. The number of halogens is 1. The summed E-state index contributed by atoms with van der Waals surface area (Å²) in [4.78, 5) is 0. The summed E-state index contributed by atoms with van der Waals surface area (Å²) >= 11 is 6.30. The Morgan fingerprint density at radius 2 is 1.41 bits per heavy atom. The fourth-order valence-electron chi connectivity index (χ4n) is 2.01. The van der Waals surface area contributed by atoms with Gasteiger partial charge in [-0.05, 0) is 11.1 Å². The van der Waals surface area contributed by atoms with Crippen LogP contribution in [0.15, 0.2) is 60.7 Å². The van der Waals surface area contributed by atoms with Gasteiger partial charge in [-0.15, -0.1) is 11.6 Å². The van der Waals surface area contributed by atoms with Crippen molar-refractivity contribution in [2.45, 2.75) is 24.9 Å². The molecule has 2 atom stereocenters. The zero-order chi connectivity index (χ0) is 15.6. The van der Waals surface area contributed by atoms with E-state index < -0.39 is 6.29 Å². The molecule has 0 fully saturated rings. The van der Waals surface area contributed by atoms with Gasteiger partial charge in [0.25, 0.3) is 0 Å². The van der Waals surface area contributed by atoms with Crippen LogP contribution in [0.1, 0.15) is 11.1 Å². The lowest BCUT2D eigenvalue weighted by molar-refractivity contribution is -0.140. The molecule has 0 N–H and O–H groups in total. The summed E-state index contributed by atoms with van der Waals surface area (Å²) in [6, 6.07) is 19.9. The van der Waals surface area contributed by atoms with Crippen LogP contribution >= 0.6 is 11.6 Å². The normalized spacial score (nSPS) is 13.7. The van der Waals surface area contributed by atoms with E-state index in [1.807, 2.05) is 60.7 Å². The second-order valence-electron chi connectivity index (χ2n) is 4.92. The molecule has 2 rings (SSSR count). The van der Waals surface area contributed by atoms with Gasteiger partial charge in [-0.1, -0.05) is 60.7 Å². The number of alkyl halides is 1. The number of benzene rings is 2. The number of rotatable bonds is 9. The average molecular weight is 321 g/mol. The maximum atomic E-state index is 6.30. The number of hydrogen-bond donors (Lipinski definition) is 0. The standard InChI is InChI=1S/C18H21ClO3/c1-20-18(22-13-16-10-6-3-7-11-16)17(19)14-21-12-15-8-4-2-5-9-15/h2-11,17-18H,12-14H2,1H3. The molecule has 4 heteroatoms. The van der Waals surface area contributed by atoms with Gasteiger partial charge in [-0.2, -0.15) is 0 Å². The number of methoxy groups -OCH3 is 1. The van der Waals surface area contributed by atoms with Crippen molar-refractivity contribution in [2.75, 3.05) is 13.7 Å². The first-order chi connectivity index (χ1) is 10.8. The maximum absolute atomic E-state index is 6.30. The van der Waals surface area contributed by atoms with Gasteiger partial charge < -0.3 is 14.2 Å². The van der Waals surface area contributed by atoms with Crippen LogP contribution in [-0.2, 0) is 27.4 Å². The SMILES string of the molecule is COC(OCc1ccccc1)C(Cl)COCc1ccccc1. The second kappa shape index (κ2) is 9.59. The Bertz CT molecular complexity index is 518. The highest BCUT2D eigenvalue weighted by Gasteiger charge is 2.20. The van der Waals surface area contributed by atoms with E-state index in [1.54, 1.807) is 7.11 Å². The van der Waals surface area contributed by atoms with E-state index in [0.29, 0.717) is 19.8 Å². The Balaban J connectivity index is 1.73. The van der Waals surface area contributed by atoms with Crippen molar-refractivity contribution < 1.29 is 14.2 Å². The second-order valence-corrected chi connectivity index (χ2v) is 5.48. The summed E-state index contributed by atoms with van der Waals surface area (Å²) in [5, 5.41) is -0.363. The van der Waals surface area contributed by atoms with Gasteiger partial charge in [-0.3, -0.25) is 0 Å². The van der Waals surface area contributed by atoms with Gasteiger partial charge >= 0.3 is 0 Å². The van der Waals surface area contributed by atoms with Crippen molar-refractivity contribution >= 4 is 11.6 Å². The van der Waals surface area contributed by atoms with E-state index in [2.05, 4.69) is 0 Å². The van der Waals surface area contributed by atoms with Crippen molar-refractivity contribution in [3.63, 3.8) is 0 Å². The Kier molecular flexibility index (Phi) is 7.40. The van der Waals surface area contributed by atoms with Gasteiger partial charge in [0.2, 0.25) is 0 Å². The van der Waals surface area contributed by atoms with Crippen molar-refractivity contribution in [2.24, 2.45) is 0 Å². The van der Waals surface area contributed by atoms with Gasteiger partial charge in [0.05, 0.1) is 19.8 Å². The highest BCUT2D eigenvalue weighted by molar-refractivity contribution is 6.21. The lowest BCUT2D eigenvalue weighted by atomic mass is 10.2. The first-order valence-corrected chi connectivity index (χ1v) is 7.67. The van der Waals surface area contributed by atoms with E-state index in [-0.39, 0.29) is 5.38 Å². The quantitative estimate of drug-likeness (QED) is 0.516. The van der Waals surface area contributed by atoms with Gasteiger partial charge in [0, 0.05) is 7.11 Å². The molecular formula is C18H21ClO3. The van der Waals surface area contributed by atoms with Crippen molar-refractivity contribution in [1.29, 1.82) is 0 Å². The van der Waals surface area contributed by atoms with E-state index in [0.717, 1.165) is 11.1 Å². The molecular weight excluding hydrogens is 300 g/mol. The Hall–Kier alpha value is -1.39. The summed E-state index contributed by atoms with van der Waals surface area (Å²) < 4.78 is 16.6. The average Bonchev–Trinajstić information content (AvgIpc) is 2.57. The summed E-state index contributed by atoms with van der Waals surface area (Å²) in [6.45, 7) is 1.35. The van der Waals surface area contributed by atoms with Gasteiger partial charge in [0.1, 0.15) is 5.38 Å². The van der Waals surface area contributed by atoms with Crippen LogP contribution in [-0.4, -0.2) is 25.4 Å². The summed E-state index contributed by atoms with van der Waals surface area (Å²) in [7, 11) is 1.59. The molecule has 0 heterocycles. The minimum Gasteiger partial charge on any atom is -0.375 e. The smallest absolute Gasteiger partial charge is 0.176 e. The molecule has 0 bridgehead atoms. The third kappa shape index (κ3) is 5.78. The number of hydrogen-bond acceptors (Lipinski definition) is 3. The molecule has 0 aliphatic carbocycles. The zero-order valence-corrected chi connectivity index (χ0v) is 13.4. The summed E-state index contributed by atoms with van der Waals surface area (Å²) in [5.74, 6) is 0. The van der Waals surface area contributed by atoms with Gasteiger partial charge in [-0.25, -0.2) is 0 Å². The van der Waals surface area contributed by atoms with Crippen LogP contribution in [0.5, 0.6) is 0 Å². The first kappa shape index (κ1) is 17.0. The highest BCUT2D eigenvalue weighted by atomic mass is 35.5. The molecule has 0 aliphatic rings. The predicted octanol–water partition coefficient (Wildman–Crippen LogP) is 4.00. The highest BCUT2D eigenvalue weighted by Crippen LogP contribution is 2.13. The van der Waals surface area contributed by atoms with Crippen molar-refractivity contribution in [1.82, 2.24) is 0 Å². The summed E-state index contributed by atoms with van der Waals surface area (Å²) in [6.07, 6.45) is -0.502. The monoisotopic (exact) mass is 320 g/mol. The molecule has 0 amide bonds. The van der Waals surface area contributed by atoms with Crippen LogP contribution in [0.3, 0.4) is 0 Å². The molecule has 0 spiro atoms. The minimum absolute atomic E-state index is 0.363. The molecule has 22 heavy (non-hydrogen) atoms. The van der Waals surface area contributed by atoms with Crippen molar-refractivity contribution in [3.8, 4) is 0 Å². The molecule has 2 aromatic carbocycles. The Morgan fingerprint density at radius 1 is 0.864 bits per heavy atom. The summed E-state index contributed by atoms with van der Waals surface area (Å²) in [5.41, 5.74) is 2.20. The fourth-order valence-corrected chi connectivity index (χ4v) is 2.28.